The van der Waals surface area contributed by atoms with Gasteiger partial charge in [0, 0.05) is 13.0 Å². The molecule has 1 aliphatic heterocycles. The third-order valence-electron chi connectivity index (χ3n) is 4.59. The zero-order valence-corrected chi connectivity index (χ0v) is 13.6. The van der Waals surface area contributed by atoms with Crippen molar-refractivity contribution in [2.24, 2.45) is 11.8 Å². The monoisotopic (exact) mass is 298 g/mol. The maximum Gasteiger partial charge on any atom is 0.303 e. The molecule has 0 aromatic rings. The van der Waals surface area contributed by atoms with Gasteiger partial charge in [-0.3, -0.25) is 9.59 Å². The van der Waals surface area contributed by atoms with E-state index in [1.807, 2.05) is 6.92 Å². The lowest BCUT2D eigenvalue weighted by Gasteiger charge is -2.33. The third-order valence-corrected chi connectivity index (χ3v) is 4.59. The number of carboxylic acid groups (broad SMARTS) is 1. The van der Waals surface area contributed by atoms with E-state index in [0.29, 0.717) is 24.8 Å². The van der Waals surface area contributed by atoms with Crippen LogP contribution in [-0.4, -0.2) is 35.6 Å². The standard InChI is InChI=1S/C16H30N2O3/c1-12(2)13(6-7-14(19)20)8-11-17-15(21)16(3)9-4-5-10-18-16/h12-13,18H,4-11H2,1-3H3,(H,17,21)(H,19,20). The number of carboxylic acids is 1. The maximum absolute atomic E-state index is 12.3. The molecule has 1 amide bonds. The molecule has 5 nitrogen and oxygen atoms in total. The van der Waals surface area contributed by atoms with Gasteiger partial charge in [-0.1, -0.05) is 13.8 Å². The highest BCUT2D eigenvalue weighted by Crippen LogP contribution is 2.21. The Morgan fingerprint density at radius 3 is 2.52 bits per heavy atom. The van der Waals surface area contributed by atoms with E-state index in [1.54, 1.807) is 0 Å². The second-order valence-corrected chi connectivity index (χ2v) is 6.70. The summed E-state index contributed by atoms with van der Waals surface area (Å²) in [5.41, 5.74) is -0.438. The second kappa shape index (κ2) is 8.37. The van der Waals surface area contributed by atoms with Crippen molar-refractivity contribution >= 4 is 11.9 Å². The molecule has 0 aliphatic carbocycles. The first-order valence-electron chi connectivity index (χ1n) is 8.10. The Morgan fingerprint density at radius 2 is 2.00 bits per heavy atom. The molecule has 2 unspecified atom stereocenters. The Balaban J connectivity index is 2.35. The summed E-state index contributed by atoms with van der Waals surface area (Å²) < 4.78 is 0. The highest BCUT2D eigenvalue weighted by Gasteiger charge is 2.33. The van der Waals surface area contributed by atoms with E-state index >= 15 is 0 Å². The van der Waals surface area contributed by atoms with E-state index in [4.69, 9.17) is 5.11 Å². The number of hydrogen-bond acceptors (Lipinski definition) is 3. The van der Waals surface area contributed by atoms with Crippen molar-refractivity contribution in [3.63, 3.8) is 0 Å². The lowest BCUT2D eigenvalue weighted by Crippen LogP contribution is -2.57. The molecule has 0 radical (unpaired) electrons. The van der Waals surface area contributed by atoms with Crippen molar-refractivity contribution < 1.29 is 14.7 Å². The molecule has 3 N–H and O–H groups in total. The number of carbonyl (C=O) groups excluding carboxylic acids is 1. The maximum atomic E-state index is 12.3. The van der Waals surface area contributed by atoms with Crippen LogP contribution in [0.15, 0.2) is 0 Å². The van der Waals surface area contributed by atoms with Gasteiger partial charge >= 0.3 is 5.97 Å². The van der Waals surface area contributed by atoms with Crippen LogP contribution in [0.5, 0.6) is 0 Å². The smallest absolute Gasteiger partial charge is 0.303 e. The van der Waals surface area contributed by atoms with E-state index in [1.165, 1.54) is 0 Å². The number of rotatable bonds is 8. The van der Waals surface area contributed by atoms with Crippen LogP contribution < -0.4 is 10.6 Å². The number of hydrogen-bond donors (Lipinski definition) is 3. The molecule has 0 aromatic carbocycles. The summed E-state index contributed by atoms with van der Waals surface area (Å²) in [6, 6.07) is 0. The van der Waals surface area contributed by atoms with Crippen molar-refractivity contribution in [3.8, 4) is 0 Å². The van der Waals surface area contributed by atoms with Crippen LogP contribution in [0.2, 0.25) is 0 Å². The molecule has 21 heavy (non-hydrogen) atoms. The zero-order valence-electron chi connectivity index (χ0n) is 13.6. The van der Waals surface area contributed by atoms with Crippen molar-refractivity contribution in [1.82, 2.24) is 10.6 Å². The van der Waals surface area contributed by atoms with Crippen LogP contribution in [0.4, 0.5) is 0 Å². The predicted octanol–water partition coefficient (Wildman–Crippen LogP) is 2.16. The number of carbonyl (C=O) groups is 2. The van der Waals surface area contributed by atoms with Gasteiger partial charge in [-0.15, -0.1) is 0 Å². The summed E-state index contributed by atoms with van der Waals surface area (Å²) in [4.78, 5) is 22.9. The fraction of sp³-hybridized carbons (Fsp3) is 0.875. The average molecular weight is 298 g/mol. The first-order valence-corrected chi connectivity index (χ1v) is 8.10. The summed E-state index contributed by atoms with van der Waals surface area (Å²) in [6.45, 7) is 7.71. The Morgan fingerprint density at radius 1 is 1.29 bits per heavy atom. The lowest BCUT2D eigenvalue weighted by molar-refractivity contribution is -0.137. The highest BCUT2D eigenvalue weighted by molar-refractivity contribution is 5.85. The Bertz CT molecular complexity index is 349. The molecule has 0 aromatic heterocycles. The molecule has 1 heterocycles. The molecular formula is C16H30N2O3. The van der Waals surface area contributed by atoms with Gasteiger partial charge < -0.3 is 15.7 Å². The molecule has 0 bridgehead atoms. The van der Waals surface area contributed by atoms with E-state index in [9.17, 15) is 9.59 Å². The minimum atomic E-state index is -0.747. The van der Waals surface area contributed by atoms with Gasteiger partial charge in [-0.2, -0.15) is 0 Å². The summed E-state index contributed by atoms with van der Waals surface area (Å²) in [5.74, 6) is 0.102. The number of amides is 1. The SMILES string of the molecule is CC(C)C(CCNC(=O)C1(C)CCCCN1)CCC(=O)O. The van der Waals surface area contributed by atoms with E-state index in [-0.39, 0.29) is 12.3 Å². The van der Waals surface area contributed by atoms with E-state index in [0.717, 1.165) is 32.2 Å². The van der Waals surface area contributed by atoms with Crippen molar-refractivity contribution in [1.29, 1.82) is 0 Å². The lowest BCUT2D eigenvalue weighted by atomic mass is 9.87. The molecule has 1 aliphatic rings. The predicted molar refractivity (Wildman–Crippen MR) is 83.1 cm³/mol. The quantitative estimate of drug-likeness (QED) is 0.641. The average Bonchev–Trinajstić information content (AvgIpc) is 2.42. The molecule has 2 atom stereocenters. The van der Waals surface area contributed by atoms with Crippen LogP contribution in [0, 0.1) is 11.8 Å². The van der Waals surface area contributed by atoms with Gasteiger partial charge in [0.15, 0.2) is 0 Å². The summed E-state index contributed by atoms with van der Waals surface area (Å²) in [7, 11) is 0. The number of piperidine rings is 1. The Hall–Kier alpha value is -1.10. The molecule has 0 spiro atoms. The Kier molecular flexibility index (Phi) is 7.15. The zero-order chi connectivity index (χ0) is 15.9. The highest BCUT2D eigenvalue weighted by atomic mass is 16.4. The molecule has 0 saturated carbocycles. The van der Waals surface area contributed by atoms with Gasteiger partial charge in [0.1, 0.15) is 0 Å². The minimum absolute atomic E-state index is 0.0722. The first-order chi connectivity index (χ1) is 9.85. The van der Waals surface area contributed by atoms with Crippen LogP contribution in [-0.2, 0) is 9.59 Å². The van der Waals surface area contributed by atoms with Gasteiger partial charge in [-0.05, 0) is 57.4 Å². The van der Waals surface area contributed by atoms with Crippen LogP contribution in [0.3, 0.4) is 0 Å². The normalized spacial score (nSPS) is 23.8. The van der Waals surface area contributed by atoms with E-state index in [2.05, 4.69) is 24.5 Å². The molecule has 1 fully saturated rings. The Labute approximate surface area is 127 Å². The van der Waals surface area contributed by atoms with E-state index < -0.39 is 11.5 Å². The minimum Gasteiger partial charge on any atom is -0.481 e. The van der Waals surface area contributed by atoms with Crippen molar-refractivity contribution in [2.75, 3.05) is 13.1 Å². The third kappa shape index (κ3) is 6.04. The molecule has 1 rings (SSSR count). The fourth-order valence-corrected chi connectivity index (χ4v) is 2.94. The van der Waals surface area contributed by atoms with Crippen LogP contribution in [0.1, 0.15) is 59.3 Å². The van der Waals surface area contributed by atoms with Crippen LogP contribution >= 0.6 is 0 Å². The van der Waals surface area contributed by atoms with Crippen LogP contribution in [0.25, 0.3) is 0 Å². The largest absolute Gasteiger partial charge is 0.481 e. The molecule has 122 valence electrons. The molecule has 1 saturated heterocycles. The number of nitrogens with one attached hydrogen (secondary N) is 2. The summed E-state index contributed by atoms with van der Waals surface area (Å²) >= 11 is 0. The summed E-state index contributed by atoms with van der Waals surface area (Å²) in [6.07, 6.45) is 4.82. The number of aliphatic carboxylic acids is 1. The van der Waals surface area contributed by atoms with Gasteiger partial charge in [-0.25, -0.2) is 0 Å². The molecule has 5 heteroatoms. The first kappa shape index (κ1) is 18.0. The van der Waals surface area contributed by atoms with Crippen molar-refractivity contribution in [2.45, 2.75) is 64.8 Å². The fourth-order valence-electron chi connectivity index (χ4n) is 2.94. The summed E-state index contributed by atoms with van der Waals surface area (Å²) in [5, 5.41) is 15.1. The molecular weight excluding hydrogens is 268 g/mol. The van der Waals surface area contributed by atoms with Gasteiger partial charge in [0.2, 0.25) is 5.91 Å². The second-order valence-electron chi connectivity index (χ2n) is 6.70. The topological polar surface area (TPSA) is 78.4 Å². The van der Waals surface area contributed by atoms with Gasteiger partial charge in [0.25, 0.3) is 0 Å². The van der Waals surface area contributed by atoms with Gasteiger partial charge in [0.05, 0.1) is 5.54 Å². The van der Waals surface area contributed by atoms with Crippen molar-refractivity contribution in [3.05, 3.63) is 0 Å².